The molecule has 0 aliphatic rings. The molecule has 1 amide bonds. The van der Waals surface area contributed by atoms with Gasteiger partial charge in [0.25, 0.3) is 5.56 Å². The number of aromatic nitrogens is 2. The number of nitrogens with two attached hydrogens (primary N) is 1. The fraction of sp³-hybridized carbons (Fsp3) is 0.300. The number of nitrogens with zero attached hydrogens (tertiary/aromatic N) is 2. The smallest absolute Gasteiger partial charge is 0.346 e. The maximum atomic E-state index is 13.3. The van der Waals surface area contributed by atoms with Crippen molar-refractivity contribution in [3.63, 3.8) is 0 Å². The number of thiophene rings is 1. The monoisotopic (exact) mass is 431 g/mol. The van der Waals surface area contributed by atoms with E-state index < -0.39 is 11.9 Å². The topological polar surface area (TPSA) is 134 Å². The lowest BCUT2D eigenvalue weighted by Gasteiger charge is -2.14. The predicted molar refractivity (Wildman–Crippen MR) is 113 cm³/mol. The van der Waals surface area contributed by atoms with Gasteiger partial charge in [-0.2, -0.15) is 0 Å². The first-order valence-electron chi connectivity index (χ1n) is 9.06. The van der Waals surface area contributed by atoms with Gasteiger partial charge in [-0.15, -0.1) is 11.3 Å². The van der Waals surface area contributed by atoms with E-state index in [0.717, 1.165) is 11.3 Å². The van der Waals surface area contributed by atoms with Crippen molar-refractivity contribution >= 4 is 33.4 Å². The van der Waals surface area contributed by atoms with E-state index in [0.29, 0.717) is 39.7 Å². The van der Waals surface area contributed by atoms with Crippen molar-refractivity contribution in [2.24, 2.45) is 5.73 Å². The fourth-order valence-electron chi connectivity index (χ4n) is 3.24. The Morgan fingerprint density at radius 1 is 1.23 bits per heavy atom. The lowest BCUT2D eigenvalue weighted by molar-refractivity contribution is -0.118. The van der Waals surface area contributed by atoms with Gasteiger partial charge < -0.3 is 20.3 Å². The van der Waals surface area contributed by atoms with Gasteiger partial charge in [0.15, 0.2) is 11.5 Å². The molecule has 0 spiro atoms. The molecule has 2 aromatic heterocycles. The molecular weight excluding hydrogens is 410 g/mol. The number of hydrogen-bond donors (Lipinski definition) is 2. The summed E-state index contributed by atoms with van der Waals surface area (Å²) >= 11 is 0.956. The Bertz CT molecular complexity index is 1200. The Labute approximate surface area is 175 Å². The molecule has 10 heteroatoms. The van der Waals surface area contributed by atoms with E-state index in [2.05, 4.69) is 4.98 Å². The third-order valence-corrected chi connectivity index (χ3v) is 5.86. The van der Waals surface area contributed by atoms with Gasteiger partial charge in [0.05, 0.1) is 19.6 Å². The Morgan fingerprint density at radius 3 is 2.53 bits per heavy atom. The number of ether oxygens (including phenoxy) is 2. The molecule has 3 aromatic rings. The number of amides is 1. The molecule has 0 aliphatic heterocycles. The minimum Gasteiger partial charge on any atom is -0.493 e. The summed E-state index contributed by atoms with van der Waals surface area (Å²) in [6, 6.07) is 5.12. The summed E-state index contributed by atoms with van der Waals surface area (Å²) in [5.41, 5.74) is 5.83. The second-order valence-corrected chi connectivity index (χ2v) is 7.57. The number of carbonyl (C=O) groups is 2. The lowest BCUT2D eigenvalue weighted by atomic mass is 10.1. The largest absolute Gasteiger partial charge is 0.493 e. The van der Waals surface area contributed by atoms with Crippen molar-refractivity contribution in [3.8, 4) is 22.9 Å². The Hall–Kier alpha value is -3.40. The maximum absolute atomic E-state index is 13.3. The first kappa shape index (κ1) is 21.3. The number of carboxylic acids is 1. The molecule has 30 heavy (non-hydrogen) atoms. The van der Waals surface area contributed by atoms with Gasteiger partial charge in [-0.1, -0.05) is 0 Å². The maximum Gasteiger partial charge on any atom is 0.346 e. The number of benzene rings is 1. The highest BCUT2D eigenvalue weighted by atomic mass is 32.1. The van der Waals surface area contributed by atoms with Crippen LogP contribution in [0.2, 0.25) is 0 Å². The fourth-order valence-corrected chi connectivity index (χ4v) is 4.25. The standard InChI is InChI=1S/C20H21N3O6S/c1-10-15-18(30-16(10)20(26)27)22-17(23(19(15)25)8-4-5-14(21)24)11-6-7-12(28-2)13(9-11)29-3/h6-7,9H,4-5,8H2,1-3H3,(H2,21,24)(H,26,27). The molecule has 158 valence electrons. The molecular formula is C20H21N3O6S. The number of primary amides is 1. The normalized spacial score (nSPS) is 10.9. The molecule has 1 aromatic carbocycles. The van der Waals surface area contributed by atoms with Crippen LogP contribution in [0.4, 0.5) is 0 Å². The van der Waals surface area contributed by atoms with Gasteiger partial charge in [-0.3, -0.25) is 14.2 Å². The number of hydrogen-bond acceptors (Lipinski definition) is 7. The van der Waals surface area contributed by atoms with E-state index in [1.54, 1.807) is 25.1 Å². The highest BCUT2D eigenvalue weighted by Crippen LogP contribution is 2.33. The van der Waals surface area contributed by atoms with Crippen LogP contribution >= 0.6 is 11.3 Å². The summed E-state index contributed by atoms with van der Waals surface area (Å²) in [6.45, 7) is 1.79. The average Bonchev–Trinajstić information content (AvgIpc) is 3.05. The number of carboxylic acid groups (broad SMARTS) is 1. The number of aryl methyl sites for hydroxylation is 1. The first-order chi connectivity index (χ1) is 14.3. The zero-order valence-corrected chi connectivity index (χ0v) is 17.5. The molecule has 0 saturated heterocycles. The van der Waals surface area contributed by atoms with E-state index in [9.17, 15) is 19.5 Å². The first-order valence-corrected chi connectivity index (χ1v) is 9.88. The average molecular weight is 431 g/mol. The van der Waals surface area contributed by atoms with Gasteiger partial charge in [-0.05, 0) is 37.1 Å². The van der Waals surface area contributed by atoms with Gasteiger partial charge in [0.1, 0.15) is 15.5 Å². The molecule has 9 nitrogen and oxygen atoms in total. The van der Waals surface area contributed by atoms with E-state index in [4.69, 9.17) is 15.2 Å². The highest BCUT2D eigenvalue weighted by molar-refractivity contribution is 7.20. The second-order valence-electron chi connectivity index (χ2n) is 6.57. The van der Waals surface area contributed by atoms with Crippen molar-refractivity contribution < 1.29 is 24.2 Å². The van der Waals surface area contributed by atoms with Gasteiger partial charge in [0, 0.05) is 18.5 Å². The highest BCUT2D eigenvalue weighted by Gasteiger charge is 2.22. The molecule has 3 rings (SSSR count). The van der Waals surface area contributed by atoms with Crippen molar-refractivity contribution in [2.45, 2.75) is 26.3 Å². The van der Waals surface area contributed by atoms with Crippen LogP contribution in [-0.2, 0) is 11.3 Å². The summed E-state index contributed by atoms with van der Waals surface area (Å²) in [7, 11) is 3.02. The van der Waals surface area contributed by atoms with Crippen LogP contribution in [0.1, 0.15) is 28.1 Å². The molecule has 0 fully saturated rings. The summed E-state index contributed by atoms with van der Waals surface area (Å²) in [6.07, 6.45) is 0.455. The SMILES string of the molecule is COc1ccc(-c2nc3sc(C(=O)O)c(C)c3c(=O)n2CCCC(N)=O)cc1OC. The van der Waals surface area contributed by atoms with Crippen LogP contribution < -0.4 is 20.8 Å². The van der Waals surface area contributed by atoms with Gasteiger partial charge in [-0.25, -0.2) is 9.78 Å². The van der Waals surface area contributed by atoms with Gasteiger partial charge >= 0.3 is 5.97 Å². The van der Waals surface area contributed by atoms with Crippen molar-refractivity contribution in [1.82, 2.24) is 9.55 Å². The summed E-state index contributed by atoms with van der Waals surface area (Å²) in [5, 5.41) is 9.70. The van der Waals surface area contributed by atoms with Crippen LogP contribution in [0.3, 0.4) is 0 Å². The quantitative estimate of drug-likeness (QED) is 0.559. The second kappa shape index (κ2) is 8.54. The summed E-state index contributed by atoms with van der Waals surface area (Å²) in [4.78, 5) is 41.0. The zero-order valence-electron chi connectivity index (χ0n) is 16.7. The van der Waals surface area contributed by atoms with Crippen LogP contribution in [0.25, 0.3) is 21.6 Å². The molecule has 0 unspecified atom stereocenters. The molecule has 0 radical (unpaired) electrons. The van der Waals surface area contributed by atoms with Gasteiger partial charge in [0.2, 0.25) is 5.91 Å². The van der Waals surface area contributed by atoms with E-state index in [1.807, 2.05) is 0 Å². The minimum atomic E-state index is -1.11. The van der Waals surface area contributed by atoms with E-state index in [-0.39, 0.29) is 28.8 Å². The third kappa shape index (κ3) is 3.86. The number of methoxy groups -OCH3 is 2. The Kier molecular flexibility index (Phi) is 6.06. The Morgan fingerprint density at radius 2 is 1.93 bits per heavy atom. The van der Waals surface area contributed by atoms with Crippen LogP contribution in [0.15, 0.2) is 23.0 Å². The third-order valence-electron chi connectivity index (χ3n) is 4.69. The zero-order chi connectivity index (χ0) is 22.0. The van der Waals surface area contributed by atoms with Crippen LogP contribution in [-0.4, -0.2) is 40.8 Å². The number of rotatable bonds is 8. The van der Waals surface area contributed by atoms with Crippen molar-refractivity contribution in [2.75, 3.05) is 14.2 Å². The summed E-state index contributed by atoms with van der Waals surface area (Å²) in [5.74, 6) is -0.254. The van der Waals surface area contributed by atoms with E-state index in [1.165, 1.54) is 18.8 Å². The molecule has 3 N–H and O–H groups in total. The molecule has 0 saturated carbocycles. The molecule has 0 bridgehead atoms. The van der Waals surface area contributed by atoms with Crippen LogP contribution in [0, 0.1) is 6.92 Å². The minimum absolute atomic E-state index is 0.0720. The lowest BCUT2D eigenvalue weighted by Crippen LogP contribution is -2.24. The van der Waals surface area contributed by atoms with Crippen molar-refractivity contribution in [1.29, 1.82) is 0 Å². The summed E-state index contributed by atoms with van der Waals surface area (Å²) < 4.78 is 12.0. The number of fused-ring (bicyclic) bond motifs is 1. The number of aromatic carboxylic acids is 1. The Balaban J connectivity index is 2.26. The molecule has 2 heterocycles. The number of carbonyl (C=O) groups excluding carboxylic acids is 1. The molecule has 0 atom stereocenters. The predicted octanol–water partition coefficient (Wildman–Crippen LogP) is 2.41. The molecule has 0 aliphatic carbocycles. The van der Waals surface area contributed by atoms with Crippen molar-refractivity contribution in [3.05, 3.63) is 39.0 Å². The van der Waals surface area contributed by atoms with E-state index >= 15 is 0 Å². The van der Waals surface area contributed by atoms with Crippen LogP contribution in [0.5, 0.6) is 11.5 Å².